The van der Waals surface area contributed by atoms with Crippen LogP contribution in [0.5, 0.6) is 0 Å². The Balaban J connectivity index is 0.00000196. The fourth-order valence-electron chi connectivity index (χ4n) is 1.18. The average molecular weight is 254 g/mol. The molecule has 15 heavy (non-hydrogen) atoms. The molecule has 0 spiro atoms. The summed E-state index contributed by atoms with van der Waals surface area (Å²) in [6.45, 7) is 3.45. The number of hydrogen-bond donors (Lipinski definition) is 1. The quantitative estimate of drug-likeness (QED) is 0.647. The van der Waals surface area contributed by atoms with E-state index in [1.165, 1.54) is 6.08 Å². The zero-order chi connectivity index (χ0) is 10.7. The molecule has 0 bridgehead atoms. The lowest BCUT2D eigenvalue weighted by atomic mass is 10.0. The Labute approximate surface area is 98.3 Å². The van der Waals surface area contributed by atoms with Gasteiger partial charge in [0.05, 0.1) is 5.02 Å². The second kappa shape index (κ2) is 6.05. The van der Waals surface area contributed by atoms with Crippen LogP contribution in [0.1, 0.15) is 18.0 Å². The van der Waals surface area contributed by atoms with Gasteiger partial charge in [-0.15, -0.1) is 19.0 Å². The van der Waals surface area contributed by atoms with Crippen molar-refractivity contribution in [2.24, 2.45) is 5.73 Å². The van der Waals surface area contributed by atoms with Gasteiger partial charge in [0, 0.05) is 11.6 Å². The van der Waals surface area contributed by atoms with E-state index in [2.05, 4.69) is 6.58 Å². The average Bonchev–Trinajstić information content (AvgIpc) is 2.13. The first kappa shape index (κ1) is 14.4. The predicted octanol–water partition coefficient (Wildman–Crippen LogP) is 3.62. The SMILES string of the molecule is C=CC[C@@H](N)c1c(F)ccc(Cl)c1F.Cl. The van der Waals surface area contributed by atoms with Gasteiger partial charge in [-0.05, 0) is 18.6 Å². The standard InChI is InChI=1S/C10H10ClF2N.ClH/c1-2-3-8(14)9-7(12)5-4-6(11)10(9)13;/h2,4-5,8H,1,3,14H2;1H/t8-;/m1./s1. The molecule has 0 saturated heterocycles. The van der Waals surface area contributed by atoms with Crippen LogP contribution in [0, 0.1) is 11.6 Å². The van der Waals surface area contributed by atoms with Crippen molar-refractivity contribution in [3.63, 3.8) is 0 Å². The van der Waals surface area contributed by atoms with E-state index >= 15 is 0 Å². The van der Waals surface area contributed by atoms with Crippen LogP contribution in [0.3, 0.4) is 0 Å². The molecule has 5 heteroatoms. The molecule has 1 rings (SSSR count). The second-order valence-corrected chi connectivity index (χ2v) is 3.29. The van der Waals surface area contributed by atoms with E-state index in [0.29, 0.717) is 6.42 Å². The monoisotopic (exact) mass is 253 g/mol. The minimum absolute atomic E-state index is 0. The van der Waals surface area contributed by atoms with E-state index in [4.69, 9.17) is 17.3 Å². The first-order chi connectivity index (χ1) is 6.57. The van der Waals surface area contributed by atoms with Gasteiger partial charge in [0.25, 0.3) is 0 Å². The molecule has 0 aliphatic carbocycles. The van der Waals surface area contributed by atoms with Crippen LogP contribution in [0.4, 0.5) is 8.78 Å². The van der Waals surface area contributed by atoms with Crippen LogP contribution >= 0.6 is 24.0 Å². The molecule has 0 aromatic heterocycles. The normalized spacial score (nSPS) is 11.7. The zero-order valence-electron chi connectivity index (χ0n) is 7.84. The van der Waals surface area contributed by atoms with Crippen LogP contribution in [0.25, 0.3) is 0 Å². The third-order valence-corrected chi connectivity index (χ3v) is 2.16. The summed E-state index contributed by atoms with van der Waals surface area (Å²) < 4.78 is 26.5. The molecule has 0 heterocycles. The summed E-state index contributed by atoms with van der Waals surface area (Å²) in [6.07, 6.45) is 1.80. The number of rotatable bonds is 3. The zero-order valence-corrected chi connectivity index (χ0v) is 9.42. The van der Waals surface area contributed by atoms with E-state index in [1.54, 1.807) is 0 Å². The van der Waals surface area contributed by atoms with Crippen molar-refractivity contribution < 1.29 is 8.78 Å². The summed E-state index contributed by atoms with van der Waals surface area (Å²) in [5, 5.41) is -0.124. The lowest BCUT2D eigenvalue weighted by Crippen LogP contribution is -2.13. The molecule has 0 aliphatic heterocycles. The molecular weight excluding hydrogens is 243 g/mol. The van der Waals surface area contributed by atoms with E-state index in [9.17, 15) is 8.78 Å². The van der Waals surface area contributed by atoms with Gasteiger partial charge in [-0.2, -0.15) is 0 Å². The highest BCUT2D eigenvalue weighted by molar-refractivity contribution is 6.30. The van der Waals surface area contributed by atoms with Crippen molar-refractivity contribution in [2.45, 2.75) is 12.5 Å². The van der Waals surface area contributed by atoms with Gasteiger partial charge in [0.2, 0.25) is 0 Å². The topological polar surface area (TPSA) is 26.0 Å². The first-order valence-electron chi connectivity index (χ1n) is 4.07. The highest BCUT2D eigenvalue weighted by atomic mass is 35.5. The highest BCUT2D eigenvalue weighted by Crippen LogP contribution is 2.26. The molecule has 0 amide bonds. The predicted molar refractivity (Wildman–Crippen MR) is 60.4 cm³/mol. The van der Waals surface area contributed by atoms with Crippen molar-refractivity contribution in [1.29, 1.82) is 0 Å². The molecule has 1 aromatic rings. The lowest BCUT2D eigenvalue weighted by Gasteiger charge is -2.12. The number of halogens is 4. The van der Waals surface area contributed by atoms with Gasteiger partial charge in [0.1, 0.15) is 11.6 Å². The summed E-state index contributed by atoms with van der Waals surface area (Å²) in [5.74, 6) is -1.47. The van der Waals surface area contributed by atoms with Gasteiger partial charge >= 0.3 is 0 Å². The van der Waals surface area contributed by atoms with Gasteiger partial charge in [-0.1, -0.05) is 17.7 Å². The van der Waals surface area contributed by atoms with E-state index < -0.39 is 17.7 Å². The Morgan fingerprint density at radius 2 is 2.07 bits per heavy atom. The first-order valence-corrected chi connectivity index (χ1v) is 4.45. The Morgan fingerprint density at radius 1 is 1.47 bits per heavy atom. The summed E-state index contributed by atoms with van der Waals surface area (Å²) in [5.41, 5.74) is 5.38. The summed E-state index contributed by atoms with van der Waals surface area (Å²) in [7, 11) is 0. The lowest BCUT2D eigenvalue weighted by molar-refractivity contribution is 0.527. The molecule has 0 saturated carbocycles. The summed E-state index contributed by atoms with van der Waals surface area (Å²) in [4.78, 5) is 0. The fourth-order valence-corrected chi connectivity index (χ4v) is 1.34. The molecule has 0 aliphatic rings. The second-order valence-electron chi connectivity index (χ2n) is 2.89. The van der Waals surface area contributed by atoms with E-state index in [1.807, 2.05) is 0 Å². The van der Waals surface area contributed by atoms with Crippen LogP contribution in [0.2, 0.25) is 5.02 Å². The third-order valence-electron chi connectivity index (χ3n) is 1.87. The molecule has 0 fully saturated rings. The van der Waals surface area contributed by atoms with Crippen LogP contribution in [0.15, 0.2) is 24.8 Å². The molecule has 0 radical (unpaired) electrons. The van der Waals surface area contributed by atoms with Gasteiger partial charge in [0.15, 0.2) is 0 Å². The maximum Gasteiger partial charge on any atom is 0.149 e. The molecule has 84 valence electrons. The Morgan fingerprint density at radius 3 is 2.60 bits per heavy atom. The van der Waals surface area contributed by atoms with E-state index in [-0.39, 0.29) is 23.0 Å². The number of hydrogen-bond acceptors (Lipinski definition) is 1. The van der Waals surface area contributed by atoms with Gasteiger partial charge in [-0.3, -0.25) is 0 Å². The summed E-state index contributed by atoms with van der Waals surface area (Å²) >= 11 is 5.51. The minimum Gasteiger partial charge on any atom is -0.324 e. The number of benzene rings is 1. The third kappa shape index (κ3) is 3.16. The van der Waals surface area contributed by atoms with Gasteiger partial charge < -0.3 is 5.73 Å². The molecule has 1 aromatic carbocycles. The van der Waals surface area contributed by atoms with Crippen molar-refractivity contribution in [1.82, 2.24) is 0 Å². The summed E-state index contributed by atoms with van der Waals surface area (Å²) in [6, 6.07) is 1.52. The molecule has 2 N–H and O–H groups in total. The Kier molecular flexibility index (Phi) is 5.80. The van der Waals surface area contributed by atoms with Crippen LogP contribution in [-0.4, -0.2) is 0 Å². The van der Waals surface area contributed by atoms with Gasteiger partial charge in [-0.25, -0.2) is 8.78 Å². The van der Waals surface area contributed by atoms with Crippen LogP contribution in [-0.2, 0) is 0 Å². The fraction of sp³-hybridized carbons (Fsp3) is 0.200. The van der Waals surface area contributed by atoms with Crippen LogP contribution < -0.4 is 5.73 Å². The molecule has 1 nitrogen and oxygen atoms in total. The van der Waals surface area contributed by atoms with Crippen molar-refractivity contribution in [2.75, 3.05) is 0 Å². The van der Waals surface area contributed by atoms with Crippen molar-refractivity contribution in [3.8, 4) is 0 Å². The smallest absolute Gasteiger partial charge is 0.149 e. The largest absolute Gasteiger partial charge is 0.324 e. The number of nitrogens with two attached hydrogens (primary N) is 1. The maximum absolute atomic E-state index is 13.4. The van der Waals surface area contributed by atoms with Crippen molar-refractivity contribution >= 4 is 24.0 Å². The molecular formula is C10H11Cl2F2N. The van der Waals surface area contributed by atoms with Crippen molar-refractivity contribution in [3.05, 3.63) is 47.0 Å². The Hall–Kier alpha value is -0.640. The van der Waals surface area contributed by atoms with E-state index in [0.717, 1.165) is 12.1 Å². The molecule has 0 unspecified atom stereocenters. The molecule has 1 atom stereocenters. The minimum atomic E-state index is -0.791. The maximum atomic E-state index is 13.4. The Bertz CT molecular complexity index is 356. The highest BCUT2D eigenvalue weighted by Gasteiger charge is 2.17.